The Bertz CT molecular complexity index is 821. The average Bonchev–Trinajstić information content (AvgIpc) is 3.45. The van der Waals surface area contributed by atoms with Crippen LogP contribution in [-0.2, 0) is 9.59 Å². The van der Waals surface area contributed by atoms with Crippen LogP contribution in [0.2, 0.25) is 5.02 Å². The van der Waals surface area contributed by atoms with Gasteiger partial charge in [0, 0.05) is 18.1 Å². The number of Topliss-reactive ketones (excluding diaryl/α,β-unsaturated/α-hetero) is 1. The number of amides is 1. The molecule has 0 radical (unpaired) electrons. The van der Waals surface area contributed by atoms with Crippen molar-refractivity contribution in [2.75, 3.05) is 20.1 Å². The molecule has 6 nitrogen and oxygen atoms in total. The van der Waals surface area contributed by atoms with Crippen LogP contribution < -0.4 is 10.8 Å². The van der Waals surface area contributed by atoms with Crippen LogP contribution >= 0.6 is 11.6 Å². The standard InChI is InChI=1S/C21H26ClN3O3/c1-25-12-21(7-8-21)11-15(20(27)24-28)18(25)19(26)17-10-13(6-9-23-17)14-4-2-3-5-16(14)22/h2-6,15,17-18,23,28H,7-12H2,1H3,(H,24,27). The summed E-state index contributed by atoms with van der Waals surface area (Å²) in [6.07, 6.45) is 5.40. The Hall–Kier alpha value is -1.73. The van der Waals surface area contributed by atoms with Gasteiger partial charge in [0.2, 0.25) is 5.91 Å². The number of likely N-dealkylation sites (N-methyl/N-ethyl adjacent to an activating group) is 1. The van der Waals surface area contributed by atoms with Gasteiger partial charge >= 0.3 is 0 Å². The van der Waals surface area contributed by atoms with Crippen molar-refractivity contribution in [3.63, 3.8) is 0 Å². The van der Waals surface area contributed by atoms with Crippen LogP contribution in [-0.4, -0.2) is 54.0 Å². The van der Waals surface area contributed by atoms with Gasteiger partial charge < -0.3 is 5.32 Å². The van der Waals surface area contributed by atoms with E-state index in [0.29, 0.717) is 24.4 Å². The van der Waals surface area contributed by atoms with Gasteiger partial charge in [-0.1, -0.05) is 35.9 Å². The maximum atomic E-state index is 13.5. The first-order valence-corrected chi connectivity index (χ1v) is 10.2. The van der Waals surface area contributed by atoms with Gasteiger partial charge in [0.05, 0.1) is 18.0 Å². The third kappa shape index (κ3) is 3.62. The van der Waals surface area contributed by atoms with Crippen molar-refractivity contribution in [2.24, 2.45) is 11.3 Å². The zero-order valence-corrected chi connectivity index (χ0v) is 16.7. The highest BCUT2D eigenvalue weighted by Gasteiger charge is 2.55. The maximum absolute atomic E-state index is 13.5. The van der Waals surface area contributed by atoms with E-state index in [1.165, 1.54) is 0 Å². The van der Waals surface area contributed by atoms with Gasteiger partial charge in [0.25, 0.3) is 0 Å². The third-order valence-electron chi connectivity index (χ3n) is 6.49. The van der Waals surface area contributed by atoms with E-state index < -0.39 is 17.9 Å². The highest BCUT2D eigenvalue weighted by atomic mass is 35.5. The zero-order valence-electron chi connectivity index (χ0n) is 16.0. The van der Waals surface area contributed by atoms with Gasteiger partial charge in [-0.2, -0.15) is 0 Å². The molecule has 3 aliphatic rings. The fraction of sp³-hybridized carbons (Fsp3) is 0.524. The van der Waals surface area contributed by atoms with E-state index in [1.54, 1.807) is 5.48 Å². The van der Waals surface area contributed by atoms with Crippen molar-refractivity contribution in [1.82, 2.24) is 15.7 Å². The average molecular weight is 404 g/mol. The largest absolute Gasteiger partial charge is 0.304 e. The number of hydrogen-bond acceptors (Lipinski definition) is 5. The van der Waals surface area contributed by atoms with E-state index in [4.69, 9.17) is 11.6 Å². The molecule has 1 spiro atoms. The fourth-order valence-corrected chi connectivity index (χ4v) is 5.16. The van der Waals surface area contributed by atoms with Crippen LogP contribution in [0.5, 0.6) is 0 Å². The van der Waals surface area contributed by atoms with E-state index in [-0.39, 0.29) is 17.2 Å². The number of hydroxylamine groups is 1. The third-order valence-corrected chi connectivity index (χ3v) is 6.82. The van der Waals surface area contributed by atoms with Crippen molar-refractivity contribution in [2.45, 2.75) is 37.8 Å². The minimum absolute atomic E-state index is 0.00394. The summed E-state index contributed by atoms with van der Waals surface area (Å²) < 4.78 is 0. The van der Waals surface area contributed by atoms with Gasteiger partial charge in [0.1, 0.15) is 0 Å². The fourth-order valence-electron chi connectivity index (χ4n) is 4.90. The predicted molar refractivity (Wildman–Crippen MR) is 107 cm³/mol. The zero-order chi connectivity index (χ0) is 19.9. The summed E-state index contributed by atoms with van der Waals surface area (Å²) in [4.78, 5) is 27.8. The summed E-state index contributed by atoms with van der Waals surface area (Å²) in [5.41, 5.74) is 3.90. The highest BCUT2D eigenvalue weighted by Crippen LogP contribution is 2.54. The second-order valence-corrected chi connectivity index (χ2v) is 8.83. The predicted octanol–water partition coefficient (Wildman–Crippen LogP) is 2.26. The van der Waals surface area contributed by atoms with E-state index in [0.717, 1.165) is 30.5 Å². The van der Waals surface area contributed by atoms with Crippen LogP contribution in [0.1, 0.15) is 31.2 Å². The van der Waals surface area contributed by atoms with Gasteiger partial charge in [0.15, 0.2) is 5.78 Å². The summed E-state index contributed by atoms with van der Waals surface area (Å²) in [5, 5.41) is 13.2. The molecule has 150 valence electrons. The Morgan fingerprint density at radius 3 is 2.75 bits per heavy atom. The Balaban J connectivity index is 1.55. The summed E-state index contributed by atoms with van der Waals surface area (Å²) in [6, 6.07) is 6.72. The Morgan fingerprint density at radius 1 is 1.32 bits per heavy atom. The minimum Gasteiger partial charge on any atom is -0.304 e. The molecule has 2 fully saturated rings. The molecule has 4 rings (SSSR count). The number of likely N-dealkylation sites (tertiary alicyclic amines) is 1. The number of nitrogens with zero attached hydrogens (tertiary/aromatic N) is 1. The van der Waals surface area contributed by atoms with E-state index >= 15 is 0 Å². The number of carbonyl (C=O) groups is 2. The Labute approximate surface area is 169 Å². The Morgan fingerprint density at radius 2 is 2.07 bits per heavy atom. The summed E-state index contributed by atoms with van der Waals surface area (Å²) in [5.74, 6) is -0.992. The molecule has 1 aromatic carbocycles. The van der Waals surface area contributed by atoms with Crippen molar-refractivity contribution < 1.29 is 14.8 Å². The van der Waals surface area contributed by atoms with Crippen molar-refractivity contribution in [1.29, 1.82) is 0 Å². The molecule has 0 aromatic heterocycles. The number of nitrogens with one attached hydrogen (secondary N) is 2. The van der Waals surface area contributed by atoms with Crippen LogP contribution in [0.3, 0.4) is 0 Å². The van der Waals surface area contributed by atoms with Gasteiger partial charge in [-0.3, -0.25) is 19.7 Å². The van der Waals surface area contributed by atoms with Crippen LogP contribution in [0.15, 0.2) is 30.3 Å². The van der Waals surface area contributed by atoms with Crippen LogP contribution in [0.4, 0.5) is 0 Å². The Kier molecular flexibility index (Phi) is 5.31. The first kappa shape index (κ1) is 19.6. The van der Waals surface area contributed by atoms with E-state index in [2.05, 4.69) is 11.4 Å². The van der Waals surface area contributed by atoms with Crippen molar-refractivity contribution in [3.05, 3.63) is 40.9 Å². The molecule has 3 N–H and O–H groups in total. The molecule has 1 amide bonds. The van der Waals surface area contributed by atoms with E-state index in [1.807, 2.05) is 36.2 Å². The second kappa shape index (κ2) is 7.59. The molecule has 3 unspecified atom stereocenters. The van der Waals surface area contributed by atoms with Gasteiger partial charge in [-0.05, 0) is 55.3 Å². The first-order valence-electron chi connectivity index (χ1n) is 9.79. The SMILES string of the molecule is CN1CC2(CC2)CC(C(=O)NO)C1C(=O)C1CC(c2ccccc2Cl)=CCN1. The quantitative estimate of drug-likeness (QED) is 0.530. The second-order valence-electron chi connectivity index (χ2n) is 8.42. The number of halogens is 1. The number of ketones is 1. The molecule has 1 saturated heterocycles. The summed E-state index contributed by atoms with van der Waals surface area (Å²) in [6.45, 7) is 1.40. The lowest BCUT2D eigenvalue weighted by Gasteiger charge is -2.43. The number of benzene rings is 1. The summed E-state index contributed by atoms with van der Waals surface area (Å²) >= 11 is 6.34. The molecule has 1 aliphatic carbocycles. The molecule has 1 aromatic rings. The molecule has 3 atom stereocenters. The van der Waals surface area contributed by atoms with Crippen LogP contribution in [0.25, 0.3) is 5.57 Å². The van der Waals surface area contributed by atoms with Crippen molar-refractivity contribution in [3.8, 4) is 0 Å². The number of carbonyl (C=O) groups excluding carboxylic acids is 2. The van der Waals surface area contributed by atoms with Gasteiger partial charge in [-0.15, -0.1) is 0 Å². The van der Waals surface area contributed by atoms with Gasteiger partial charge in [-0.25, -0.2) is 5.48 Å². The molecular weight excluding hydrogens is 378 g/mol. The lowest BCUT2D eigenvalue weighted by atomic mass is 9.77. The monoisotopic (exact) mass is 403 g/mol. The molecule has 2 heterocycles. The molecule has 1 saturated carbocycles. The molecule has 28 heavy (non-hydrogen) atoms. The summed E-state index contributed by atoms with van der Waals surface area (Å²) in [7, 11) is 1.91. The number of rotatable bonds is 4. The van der Waals surface area contributed by atoms with Crippen molar-refractivity contribution >= 4 is 28.9 Å². The number of piperidine rings is 1. The molecule has 7 heteroatoms. The smallest absolute Gasteiger partial charge is 0.248 e. The maximum Gasteiger partial charge on any atom is 0.248 e. The lowest BCUT2D eigenvalue weighted by molar-refractivity contribution is -0.145. The lowest BCUT2D eigenvalue weighted by Crippen LogP contribution is -2.59. The number of hydrogen-bond donors (Lipinski definition) is 3. The molecule has 2 aliphatic heterocycles. The minimum atomic E-state index is -0.540. The normalized spacial score (nSPS) is 29.2. The first-order chi connectivity index (χ1) is 13.4. The van der Waals surface area contributed by atoms with Crippen LogP contribution in [0, 0.1) is 11.3 Å². The topological polar surface area (TPSA) is 81.7 Å². The molecular formula is C21H26ClN3O3. The highest BCUT2D eigenvalue weighted by molar-refractivity contribution is 6.32. The molecule has 0 bridgehead atoms. The van der Waals surface area contributed by atoms with E-state index in [9.17, 15) is 14.8 Å².